The average Bonchev–Trinajstić information content (AvgIpc) is 2.61. The predicted octanol–water partition coefficient (Wildman–Crippen LogP) is 4.46. The summed E-state index contributed by atoms with van der Waals surface area (Å²) in [5.74, 6) is -2.44. The van der Waals surface area contributed by atoms with Crippen LogP contribution in [0, 0.1) is 18.3 Å². The fourth-order valence-electron chi connectivity index (χ4n) is 2.41. The Morgan fingerprint density at radius 3 is 2.46 bits per heavy atom. The zero-order chi connectivity index (χ0) is 19.3. The molecule has 0 aliphatic heterocycles. The molecule has 0 aromatic heterocycles. The van der Waals surface area contributed by atoms with Gasteiger partial charge in [0.05, 0.1) is 18.6 Å². The minimum Gasteiger partial charge on any atom is -0.459 e. The number of benzene rings is 2. The van der Waals surface area contributed by atoms with E-state index in [-0.39, 0.29) is 6.61 Å². The van der Waals surface area contributed by atoms with Crippen molar-refractivity contribution < 1.29 is 14.3 Å². The number of ether oxygens (including phenoxy) is 1. The van der Waals surface area contributed by atoms with Gasteiger partial charge >= 0.3 is 11.9 Å². The number of nitrogens with zero attached hydrogens (tertiary/aromatic N) is 1. The minimum absolute atomic E-state index is 0.107. The van der Waals surface area contributed by atoms with Gasteiger partial charge in [-0.2, -0.15) is 5.26 Å². The third kappa shape index (κ3) is 4.54. The van der Waals surface area contributed by atoms with E-state index in [0.29, 0.717) is 26.9 Å². The molecule has 2 aromatic rings. The first-order valence-corrected chi connectivity index (χ1v) is 8.56. The van der Waals surface area contributed by atoms with Gasteiger partial charge in [0.15, 0.2) is 0 Å². The number of anilines is 1. The van der Waals surface area contributed by atoms with E-state index in [9.17, 15) is 14.9 Å². The molecular weight excluding hydrogens is 375 g/mol. The number of aryl methyl sites for hydroxylation is 1. The van der Waals surface area contributed by atoms with Gasteiger partial charge in [0, 0.05) is 15.7 Å². The molecule has 0 saturated carbocycles. The molecule has 0 spiro atoms. The maximum atomic E-state index is 11.8. The van der Waals surface area contributed by atoms with Crippen LogP contribution < -0.4 is 5.32 Å². The van der Waals surface area contributed by atoms with Crippen molar-refractivity contribution in [3.63, 3.8) is 0 Å². The zero-order valence-corrected chi connectivity index (χ0v) is 15.7. The number of hydrogen-bond donors (Lipinski definition) is 1. The monoisotopic (exact) mass is 390 g/mol. The Morgan fingerprint density at radius 2 is 1.88 bits per heavy atom. The van der Waals surface area contributed by atoms with Crippen molar-refractivity contribution in [2.45, 2.75) is 19.8 Å². The molecule has 0 heterocycles. The summed E-state index contributed by atoms with van der Waals surface area (Å²) in [6, 6.07) is 12.4. The largest absolute Gasteiger partial charge is 0.459 e. The Kier molecular flexibility index (Phi) is 6.62. The molecule has 7 heteroatoms. The summed E-state index contributed by atoms with van der Waals surface area (Å²) in [4.78, 5) is 23.3. The first kappa shape index (κ1) is 19.8. The zero-order valence-electron chi connectivity index (χ0n) is 14.2. The lowest BCUT2D eigenvalue weighted by Crippen LogP contribution is -2.25. The van der Waals surface area contributed by atoms with Crippen LogP contribution >= 0.6 is 23.2 Å². The van der Waals surface area contributed by atoms with Crippen molar-refractivity contribution in [2.75, 3.05) is 11.9 Å². The molecule has 0 aliphatic rings. The van der Waals surface area contributed by atoms with Gasteiger partial charge < -0.3 is 10.1 Å². The molecule has 1 atom stereocenters. The van der Waals surface area contributed by atoms with E-state index in [0.717, 1.165) is 5.56 Å². The number of rotatable bonds is 4. The summed E-state index contributed by atoms with van der Waals surface area (Å²) in [6.07, 6.45) is 0. The topological polar surface area (TPSA) is 79.2 Å². The van der Waals surface area contributed by atoms with Crippen LogP contribution in [0.4, 0.5) is 5.69 Å². The third-order valence-corrected chi connectivity index (χ3v) is 4.28. The fraction of sp³-hybridized carbons (Fsp3) is 0.211. The number of nitriles is 1. The normalized spacial score (nSPS) is 11.3. The number of carbonyl (C=O) groups excluding carboxylic acids is 2. The second kappa shape index (κ2) is 8.70. The van der Waals surface area contributed by atoms with Crippen molar-refractivity contribution in [2.24, 2.45) is 0 Å². The van der Waals surface area contributed by atoms with Gasteiger partial charge in [-0.15, -0.1) is 0 Å². The molecule has 1 amide bonds. The van der Waals surface area contributed by atoms with Crippen LogP contribution in [-0.4, -0.2) is 18.5 Å². The van der Waals surface area contributed by atoms with E-state index >= 15 is 0 Å². The number of carbonyl (C=O) groups is 2. The molecule has 5 nitrogen and oxygen atoms in total. The number of amides is 1. The second-order valence-corrected chi connectivity index (χ2v) is 6.32. The molecule has 26 heavy (non-hydrogen) atoms. The molecule has 2 aromatic carbocycles. The van der Waals surface area contributed by atoms with Crippen LogP contribution in [0.25, 0.3) is 0 Å². The van der Waals surface area contributed by atoms with Crippen LogP contribution in [-0.2, 0) is 14.3 Å². The molecule has 0 unspecified atom stereocenters. The van der Waals surface area contributed by atoms with Gasteiger partial charge in [-0.1, -0.05) is 41.4 Å². The first-order chi connectivity index (χ1) is 12.4. The van der Waals surface area contributed by atoms with Crippen LogP contribution in [0.3, 0.4) is 0 Å². The molecule has 2 rings (SSSR count). The maximum absolute atomic E-state index is 11.8. The lowest BCUT2D eigenvalue weighted by atomic mass is 9.91. The van der Waals surface area contributed by atoms with Crippen molar-refractivity contribution in [1.82, 2.24) is 0 Å². The molecule has 0 fully saturated rings. The average molecular weight is 391 g/mol. The van der Waals surface area contributed by atoms with Crippen LogP contribution in [0.1, 0.15) is 29.5 Å². The van der Waals surface area contributed by atoms with E-state index in [4.69, 9.17) is 23.2 Å². The van der Waals surface area contributed by atoms with Gasteiger partial charge in [-0.05, 0) is 48.7 Å². The van der Waals surface area contributed by atoms with Crippen molar-refractivity contribution in [3.05, 3.63) is 63.1 Å². The third-order valence-electron chi connectivity index (χ3n) is 3.70. The maximum Gasteiger partial charge on any atom is 0.397 e. The molecule has 1 N–H and O–H groups in total. The second-order valence-electron chi connectivity index (χ2n) is 5.48. The lowest BCUT2D eigenvalue weighted by Gasteiger charge is -2.16. The molecule has 0 radical (unpaired) electrons. The number of hydrogen-bond acceptors (Lipinski definition) is 4. The van der Waals surface area contributed by atoms with E-state index in [2.05, 4.69) is 16.1 Å². The summed E-state index contributed by atoms with van der Waals surface area (Å²) in [5.41, 5.74) is 2.39. The number of esters is 1. The van der Waals surface area contributed by atoms with Crippen LogP contribution in [0.15, 0.2) is 36.4 Å². The van der Waals surface area contributed by atoms with Gasteiger partial charge in [0.2, 0.25) is 0 Å². The quantitative estimate of drug-likeness (QED) is 0.617. The fourth-order valence-corrected chi connectivity index (χ4v) is 2.81. The van der Waals surface area contributed by atoms with Gasteiger partial charge in [-0.3, -0.25) is 4.79 Å². The van der Waals surface area contributed by atoms with E-state index in [1.54, 1.807) is 44.2 Å². The molecular formula is C19H16Cl2N2O3. The van der Waals surface area contributed by atoms with E-state index < -0.39 is 17.8 Å². The highest BCUT2D eigenvalue weighted by Gasteiger charge is 2.20. The summed E-state index contributed by atoms with van der Waals surface area (Å²) < 4.78 is 4.66. The summed E-state index contributed by atoms with van der Waals surface area (Å²) >= 11 is 12.2. The highest BCUT2D eigenvalue weighted by molar-refractivity contribution is 6.37. The van der Waals surface area contributed by atoms with E-state index in [1.807, 2.05) is 0 Å². The number of nitrogens with one attached hydrogen (secondary N) is 1. The Hall–Kier alpha value is -2.55. The van der Waals surface area contributed by atoms with Gasteiger partial charge in [-0.25, -0.2) is 4.79 Å². The summed E-state index contributed by atoms with van der Waals surface area (Å²) in [6.45, 7) is 3.47. The first-order valence-electron chi connectivity index (χ1n) is 7.80. The molecule has 0 aliphatic carbocycles. The molecule has 134 valence electrons. The lowest BCUT2D eigenvalue weighted by molar-refractivity contribution is -0.152. The Bertz CT molecular complexity index is 874. The SMILES string of the molecule is CCOC(=O)C(=O)Nc1cc(Cl)c([C@@H](C#N)c2ccc(Cl)cc2)cc1C. The van der Waals surface area contributed by atoms with Crippen LogP contribution in [0.2, 0.25) is 10.0 Å². The van der Waals surface area contributed by atoms with Gasteiger partial charge in [0.1, 0.15) is 0 Å². The predicted molar refractivity (Wildman–Crippen MR) is 100 cm³/mol. The van der Waals surface area contributed by atoms with Crippen molar-refractivity contribution in [3.8, 4) is 6.07 Å². The molecule has 0 saturated heterocycles. The highest BCUT2D eigenvalue weighted by Crippen LogP contribution is 2.34. The van der Waals surface area contributed by atoms with Gasteiger partial charge in [0.25, 0.3) is 0 Å². The Balaban J connectivity index is 2.33. The van der Waals surface area contributed by atoms with Crippen LogP contribution in [0.5, 0.6) is 0 Å². The minimum atomic E-state index is -0.969. The summed E-state index contributed by atoms with van der Waals surface area (Å²) in [7, 11) is 0. The Morgan fingerprint density at radius 1 is 1.23 bits per heavy atom. The highest BCUT2D eigenvalue weighted by atomic mass is 35.5. The smallest absolute Gasteiger partial charge is 0.397 e. The van der Waals surface area contributed by atoms with Crippen molar-refractivity contribution in [1.29, 1.82) is 5.26 Å². The standard InChI is InChI=1S/C19H16Cl2N2O3/c1-3-26-19(25)18(24)23-17-9-16(21)14(8-11(17)2)15(10-22)12-4-6-13(20)7-5-12/h4-9,15H,3H2,1-2H3,(H,23,24)/t15-/m0/s1. The Labute approximate surface area is 161 Å². The van der Waals surface area contributed by atoms with E-state index in [1.165, 1.54) is 6.07 Å². The number of halogens is 2. The molecule has 0 bridgehead atoms. The van der Waals surface area contributed by atoms with Crippen molar-refractivity contribution >= 4 is 40.8 Å². The summed E-state index contributed by atoms with van der Waals surface area (Å²) in [5, 5.41) is 12.9.